The number of esters is 1. The van der Waals surface area contributed by atoms with Gasteiger partial charge in [-0.2, -0.15) is 11.8 Å². The van der Waals surface area contributed by atoms with Crippen LogP contribution in [0.5, 0.6) is 0 Å². The largest absolute Gasteiger partial charge is 0.465 e. The maximum atomic E-state index is 12.3. The molecule has 0 bridgehead atoms. The molecule has 1 aromatic rings. The maximum absolute atomic E-state index is 12.3. The Morgan fingerprint density at radius 1 is 1.35 bits per heavy atom. The van der Waals surface area contributed by atoms with Gasteiger partial charge < -0.3 is 4.74 Å². The molecule has 20 heavy (non-hydrogen) atoms. The number of sulfonamides is 1. The van der Waals surface area contributed by atoms with E-state index in [4.69, 9.17) is 0 Å². The summed E-state index contributed by atoms with van der Waals surface area (Å²) in [4.78, 5) is 11.6. The fraction of sp³-hybridized carbons (Fsp3) is 0.462. The standard InChI is InChI=1S/C13H19NO4S2/c1-13(2,19-4)9-14-20(16,17)11-8-6-5-7-10(11)12(15)18-3/h5-8,14H,9H2,1-4H3. The van der Waals surface area contributed by atoms with Crippen LogP contribution in [-0.2, 0) is 14.8 Å². The lowest BCUT2D eigenvalue weighted by Crippen LogP contribution is -2.36. The molecule has 0 saturated carbocycles. The Morgan fingerprint density at radius 3 is 2.50 bits per heavy atom. The van der Waals surface area contributed by atoms with Gasteiger partial charge in [0.25, 0.3) is 0 Å². The van der Waals surface area contributed by atoms with E-state index in [2.05, 4.69) is 9.46 Å². The molecule has 7 heteroatoms. The van der Waals surface area contributed by atoms with Crippen LogP contribution in [0.25, 0.3) is 0 Å². The number of hydrogen-bond acceptors (Lipinski definition) is 5. The van der Waals surface area contributed by atoms with Gasteiger partial charge in [-0.3, -0.25) is 0 Å². The van der Waals surface area contributed by atoms with E-state index in [0.29, 0.717) is 0 Å². The number of ether oxygens (including phenoxy) is 1. The number of thioether (sulfide) groups is 1. The highest BCUT2D eigenvalue weighted by molar-refractivity contribution is 8.00. The Kier molecular flexibility index (Phi) is 5.61. The summed E-state index contributed by atoms with van der Waals surface area (Å²) in [7, 11) is -2.54. The Bertz CT molecular complexity index is 582. The Morgan fingerprint density at radius 2 is 1.95 bits per heavy atom. The van der Waals surface area contributed by atoms with E-state index in [0.717, 1.165) is 0 Å². The summed E-state index contributed by atoms with van der Waals surface area (Å²) in [5.41, 5.74) is 0.0319. The van der Waals surface area contributed by atoms with Gasteiger partial charge in [0, 0.05) is 11.3 Å². The number of methoxy groups -OCH3 is 1. The molecule has 0 saturated heterocycles. The zero-order valence-electron chi connectivity index (χ0n) is 12.0. The van der Waals surface area contributed by atoms with Crippen LogP contribution < -0.4 is 4.72 Å². The number of hydrogen-bond donors (Lipinski definition) is 1. The van der Waals surface area contributed by atoms with Crippen LogP contribution in [0.2, 0.25) is 0 Å². The SMILES string of the molecule is COC(=O)c1ccccc1S(=O)(=O)NCC(C)(C)SC. The first kappa shape index (κ1) is 17.0. The fourth-order valence-corrected chi connectivity index (χ4v) is 3.11. The summed E-state index contributed by atoms with van der Waals surface area (Å²) >= 11 is 1.56. The third kappa shape index (κ3) is 4.22. The van der Waals surface area contributed by atoms with Gasteiger partial charge in [0.05, 0.1) is 17.6 Å². The quantitative estimate of drug-likeness (QED) is 0.811. The normalized spacial score (nSPS) is 12.2. The summed E-state index contributed by atoms with van der Waals surface area (Å²) in [5, 5.41) is 0. The first-order chi connectivity index (χ1) is 9.23. The molecule has 112 valence electrons. The maximum Gasteiger partial charge on any atom is 0.339 e. The summed E-state index contributed by atoms with van der Waals surface area (Å²) < 4.78 is 31.5. The van der Waals surface area contributed by atoms with Crippen molar-refractivity contribution in [1.29, 1.82) is 0 Å². The van der Waals surface area contributed by atoms with Gasteiger partial charge in [0.15, 0.2) is 0 Å². The molecule has 1 rings (SSSR count). The highest BCUT2D eigenvalue weighted by atomic mass is 32.2. The lowest BCUT2D eigenvalue weighted by molar-refractivity contribution is 0.0596. The van der Waals surface area contributed by atoms with Crippen molar-refractivity contribution in [2.24, 2.45) is 0 Å². The lowest BCUT2D eigenvalue weighted by atomic mass is 10.2. The molecular formula is C13H19NO4S2. The van der Waals surface area contributed by atoms with Crippen molar-refractivity contribution in [1.82, 2.24) is 4.72 Å². The van der Waals surface area contributed by atoms with Gasteiger partial charge in [0.1, 0.15) is 0 Å². The number of rotatable bonds is 6. The topological polar surface area (TPSA) is 72.5 Å². The molecule has 5 nitrogen and oxygen atoms in total. The van der Waals surface area contributed by atoms with Crippen molar-refractivity contribution < 1.29 is 17.9 Å². The van der Waals surface area contributed by atoms with Crippen LogP contribution in [0.3, 0.4) is 0 Å². The molecule has 0 heterocycles. The number of carbonyl (C=O) groups excluding carboxylic acids is 1. The third-order valence-corrected chi connectivity index (χ3v) is 5.53. The Labute approximate surface area is 124 Å². The second kappa shape index (κ2) is 6.60. The van der Waals surface area contributed by atoms with Crippen LogP contribution >= 0.6 is 11.8 Å². The van der Waals surface area contributed by atoms with Crippen molar-refractivity contribution in [2.45, 2.75) is 23.5 Å². The molecule has 0 aliphatic carbocycles. The third-order valence-electron chi connectivity index (χ3n) is 2.82. The lowest BCUT2D eigenvalue weighted by Gasteiger charge is -2.22. The molecule has 1 aromatic carbocycles. The minimum absolute atomic E-state index is 0.0319. The fourth-order valence-electron chi connectivity index (χ4n) is 1.40. The van der Waals surface area contributed by atoms with E-state index in [1.807, 2.05) is 20.1 Å². The summed E-state index contributed by atoms with van der Waals surface area (Å²) in [6.45, 7) is 4.14. The van der Waals surface area contributed by atoms with Crippen molar-refractivity contribution in [3.05, 3.63) is 29.8 Å². The number of nitrogens with one attached hydrogen (secondary N) is 1. The predicted octanol–water partition coefficient (Wildman–Crippen LogP) is 1.89. The van der Waals surface area contributed by atoms with Crippen molar-refractivity contribution in [2.75, 3.05) is 19.9 Å². The van der Waals surface area contributed by atoms with Crippen LogP contribution in [0.4, 0.5) is 0 Å². The van der Waals surface area contributed by atoms with E-state index < -0.39 is 16.0 Å². The minimum atomic E-state index is -3.75. The van der Waals surface area contributed by atoms with Gasteiger partial charge in [-0.1, -0.05) is 12.1 Å². The average Bonchev–Trinajstić information content (AvgIpc) is 2.44. The first-order valence-corrected chi connectivity index (χ1v) is 8.66. The summed E-state index contributed by atoms with van der Waals surface area (Å²) in [6, 6.07) is 5.98. The second-order valence-corrected chi connectivity index (χ2v) is 8.02. The number of benzene rings is 1. The first-order valence-electron chi connectivity index (χ1n) is 5.95. The minimum Gasteiger partial charge on any atom is -0.465 e. The zero-order chi connectivity index (χ0) is 15.4. The molecule has 0 atom stereocenters. The van der Waals surface area contributed by atoms with E-state index in [9.17, 15) is 13.2 Å². The molecule has 0 aliphatic heterocycles. The van der Waals surface area contributed by atoms with Crippen LogP contribution in [0.15, 0.2) is 29.2 Å². The van der Waals surface area contributed by atoms with Crippen molar-refractivity contribution in [3.63, 3.8) is 0 Å². The van der Waals surface area contributed by atoms with Crippen LogP contribution in [0, 0.1) is 0 Å². The van der Waals surface area contributed by atoms with Crippen LogP contribution in [0.1, 0.15) is 24.2 Å². The van der Waals surface area contributed by atoms with Crippen LogP contribution in [-0.4, -0.2) is 39.0 Å². The van der Waals surface area contributed by atoms with Gasteiger partial charge in [0.2, 0.25) is 10.0 Å². The average molecular weight is 317 g/mol. The molecule has 0 radical (unpaired) electrons. The molecule has 0 fully saturated rings. The van der Waals surface area contributed by atoms with E-state index in [1.165, 1.54) is 19.2 Å². The number of carbonyl (C=O) groups is 1. The monoisotopic (exact) mass is 317 g/mol. The highest BCUT2D eigenvalue weighted by Gasteiger charge is 2.25. The van der Waals surface area contributed by atoms with Gasteiger partial charge in [-0.25, -0.2) is 17.9 Å². The molecule has 0 unspecified atom stereocenters. The van der Waals surface area contributed by atoms with E-state index >= 15 is 0 Å². The predicted molar refractivity (Wildman–Crippen MR) is 80.6 cm³/mol. The second-order valence-electron chi connectivity index (χ2n) is 4.78. The highest BCUT2D eigenvalue weighted by Crippen LogP contribution is 2.22. The van der Waals surface area contributed by atoms with Gasteiger partial charge >= 0.3 is 5.97 Å². The molecule has 0 aliphatic rings. The van der Waals surface area contributed by atoms with E-state index in [1.54, 1.807) is 23.9 Å². The molecule has 1 N–H and O–H groups in total. The summed E-state index contributed by atoms with van der Waals surface area (Å²) in [6.07, 6.45) is 1.91. The summed E-state index contributed by atoms with van der Waals surface area (Å²) in [5.74, 6) is -0.671. The zero-order valence-corrected chi connectivity index (χ0v) is 13.6. The molecule has 0 aromatic heterocycles. The Hall–Kier alpha value is -1.05. The van der Waals surface area contributed by atoms with Crippen molar-refractivity contribution in [3.8, 4) is 0 Å². The van der Waals surface area contributed by atoms with Crippen molar-refractivity contribution >= 4 is 27.8 Å². The molecular weight excluding hydrogens is 298 g/mol. The smallest absolute Gasteiger partial charge is 0.339 e. The Balaban J connectivity index is 3.08. The molecule has 0 spiro atoms. The van der Waals surface area contributed by atoms with E-state index in [-0.39, 0.29) is 21.8 Å². The molecule has 0 amide bonds. The van der Waals surface area contributed by atoms with Gasteiger partial charge in [-0.15, -0.1) is 0 Å². The van der Waals surface area contributed by atoms with Gasteiger partial charge in [-0.05, 0) is 32.2 Å².